The number of methoxy groups -OCH3 is 1. The van der Waals surface area contributed by atoms with E-state index in [9.17, 15) is 9.59 Å². The lowest BCUT2D eigenvalue weighted by atomic mass is 10.6. The van der Waals surface area contributed by atoms with E-state index in [0.29, 0.717) is 18.3 Å². The van der Waals surface area contributed by atoms with Crippen molar-refractivity contribution in [2.45, 2.75) is 5.16 Å². The summed E-state index contributed by atoms with van der Waals surface area (Å²) in [6, 6.07) is -0.547. The number of carbonyl (C=O) groups is 2. The Labute approximate surface area is 108 Å². The van der Waals surface area contributed by atoms with Crippen LogP contribution in [0.25, 0.3) is 0 Å². The van der Waals surface area contributed by atoms with Crippen LogP contribution in [0.2, 0.25) is 0 Å². The molecule has 2 N–H and O–H groups in total. The minimum atomic E-state index is -0.547. The molecule has 0 bridgehead atoms. The Morgan fingerprint density at radius 2 is 2.28 bits per heavy atom. The molecule has 10 heteroatoms. The largest absolute Gasteiger partial charge is 0.383 e. The number of amides is 3. The molecule has 1 aromatic heterocycles. The summed E-state index contributed by atoms with van der Waals surface area (Å²) in [4.78, 5) is 22.6. The number of hydrogen-bond acceptors (Lipinski definition) is 7. The van der Waals surface area contributed by atoms with Crippen molar-refractivity contribution in [3.63, 3.8) is 0 Å². The molecule has 0 aromatic carbocycles. The second kappa shape index (κ2) is 7.61. The highest BCUT2D eigenvalue weighted by molar-refractivity contribution is 7.99. The second-order valence-electron chi connectivity index (χ2n) is 3.17. The van der Waals surface area contributed by atoms with E-state index >= 15 is 0 Å². The molecule has 0 unspecified atom stereocenters. The predicted octanol–water partition coefficient (Wildman–Crippen LogP) is -1.23. The third-order valence-electron chi connectivity index (χ3n) is 1.76. The van der Waals surface area contributed by atoms with Crippen LogP contribution in [0.15, 0.2) is 5.16 Å². The van der Waals surface area contributed by atoms with Gasteiger partial charge in [0.25, 0.3) is 0 Å². The van der Waals surface area contributed by atoms with E-state index in [2.05, 4.69) is 26.2 Å². The van der Waals surface area contributed by atoms with Crippen LogP contribution >= 0.6 is 11.8 Å². The van der Waals surface area contributed by atoms with Crippen LogP contribution in [-0.4, -0.2) is 58.2 Å². The minimum Gasteiger partial charge on any atom is -0.383 e. The number of carbonyl (C=O) groups excluding carboxylic acids is 2. The van der Waals surface area contributed by atoms with Gasteiger partial charge in [-0.05, 0) is 10.4 Å². The van der Waals surface area contributed by atoms with E-state index in [1.165, 1.54) is 11.8 Å². The lowest BCUT2D eigenvalue weighted by Gasteiger charge is -2.05. The van der Waals surface area contributed by atoms with E-state index in [4.69, 9.17) is 4.74 Å². The van der Waals surface area contributed by atoms with Crippen molar-refractivity contribution < 1.29 is 14.3 Å². The van der Waals surface area contributed by atoms with Crippen LogP contribution in [0.3, 0.4) is 0 Å². The summed E-state index contributed by atoms with van der Waals surface area (Å²) < 4.78 is 6.19. The van der Waals surface area contributed by atoms with Gasteiger partial charge >= 0.3 is 6.03 Å². The van der Waals surface area contributed by atoms with E-state index in [1.54, 1.807) is 7.05 Å². The molecule has 0 aliphatic carbocycles. The first-order chi connectivity index (χ1) is 8.63. The molecule has 3 amide bonds. The third-order valence-corrected chi connectivity index (χ3v) is 2.77. The molecule has 0 atom stereocenters. The molecule has 0 aliphatic rings. The van der Waals surface area contributed by atoms with Gasteiger partial charge in [-0.3, -0.25) is 10.1 Å². The van der Waals surface area contributed by atoms with Crippen LogP contribution in [0.4, 0.5) is 4.79 Å². The molecule has 0 fully saturated rings. The van der Waals surface area contributed by atoms with E-state index < -0.39 is 11.9 Å². The van der Waals surface area contributed by atoms with Gasteiger partial charge in [0.15, 0.2) is 0 Å². The summed E-state index contributed by atoms with van der Waals surface area (Å²) in [6.07, 6.45) is 0. The van der Waals surface area contributed by atoms with Gasteiger partial charge in [0, 0.05) is 20.7 Å². The molecule has 1 heterocycles. The summed E-state index contributed by atoms with van der Waals surface area (Å²) in [6.45, 7) is 0.733. The fourth-order valence-corrected chi connectivity index (χ4v) is 1.60. The van der Waals surface area contributed by atoms with Gasteiger partial charge in [0.1, 0.15) is 0 Å². The number of nitrogens with one attached hydrogen (secondary N) is 2. The first-order valence-electron chi connectivity index (χ1n) is 5.05. The zero-order chi connectivity index (χ0) is 13.4. The molecule has 1 rings (SSSR count). The van der Waals surface area contributed by atoms with Gasteiger partial charge in [-0.2, -0.15) is 0 Å². The van der Waals surface area contributed by atoms with E-state index in [1.807, 2.05) is 0 Å². The maximum Gasteiger partial charge on any atom is 0.321 e. The van der Waals surface area contributed by atoms with Crippen LogP contribution in [0.5, 0.6) is 0 Å². The van der Waals surface area contributed by atoms with Crippen molar-refractivity contribution in [2.24, 2.45) is 7.05 Å². The highest BCUT2D eigenvalue weighted by Crippen LogP contribution is 2.10. The lowest BCUT2D eigenvalue weighted by molar-refractivity contribution is -0.117. The van der Waals surface area contributed by atoms with Gasteiger partial charge in [-0.1, -0.05) is 11.8 Å². The third kappa shape index (κ3) is 5.10. The highest BCUT2D eigenvalue weighted by Gasteiger charge is 2.10. The van der Waals surface area contributed by atoms with Crippen molar-refractivity contribution in [3.8, 4) is 0 Å². The number of urea groups is 1. The topological polar surface area (TPSA) is 111 Å². The number of aryl methyl sites for hydroxylation is 1. The maximum absolute atomic E-state index is 11.4. The lowest BCUT2D eigenvalue weighted by Crippen LogP contribution is -2.41. The number of aromatic nitrogens is 4. The Kier molecular flexibility index (Phi) is 6.08. The molecule has 0 radical (unpaired) electrons. The molecule has 1 aromatic rings. The predicted molar refractivity (Wildman–Crippen MR) is 62.9 cm³/mol. The van der Waals surface area contributed by atoms with Crippen LogP contribution < -0.4 is 10.6 Å². The molecule has 0 aliphatic heterocycles. The molecule has 0 spiro atoms. The first kappa shape index (κ1) is 14.4. The van der Waals surface area contributed by atoms with Crippen molar-refractivity contribution in [1.82, 2.24) is 30.8 Å². The summed E-state index contributed by atoms with van der Waals surface area (Å²) in [5.74, 6) is -0.357. The fourth-order valence-electron chi connectivity index (χ4n) is 0.947. The van der Waals surface area contributed by atoms with Crippen molar-refractivity contribution in [3.05, 3.63) is 0 Å². The second-order valence-corrected chi connectivity index (χ2v) is 4.11. The minimum absolute atomic E-state index is 0.0614. The monoisotopic (exact) mass is 274 g/mol. The molecule has 0 saturated carbocycles. The zero-order valence-corrected chi connectivity index (χ0v) is 10.9. The number of imide groups is 1. The molecular formula is C8H14N6O3S. The number of nitrogens with zero attached hydrogens (tertiary/aromatic N) is 4. The Balaban J connectivity index is 2.21. The standard InChI is InChI=1S/C8H14N6O3S/c1-14-8(11-12-13-14)18-5-6(15)10-7(16)9-3-4-17-2/h3-5H2,1-2H3,(H2,9,10,15,16). The number of thioether (sulfide) groups is 1. The summed E-state index contributed by atoms with van der Waals surface area (Å²) in [7, 11) is 3.19. The van der Waals surface area contributed by atoms with E-state index in [0.717, 1.165) is 11.8 Å². The molecule has 0 saturated heterocycles. The van der Waals surface area contributed by atoms with Crippen molar-refractivity contribution in [2.75, 3.05) is 26.0 Å². The summed E-state index contributed by atoms with van der Waals surface area (Å²) in [5, 5.41) is 15.9. The fraction of sp³-hybridized carbons (Fsp3) is 0.625. The Bertz CT molecular complexity index is 409. The molecule has 18 heavy (non-hydrogen) atoms. The smallest absolute Gasteiger partial charge is 0.321 e. The first-order valence-corrected chi connectivity index (χ1v) is 6.04. The zero-order valence-electron chi connectivity index (χ0n) is 10.0. The maximum atomic E-state index is 11.4. The number of tetrazole rings is 1. The van der Waals surface area contributed by atoms with Gasteiger partial charge in [0.05, 0.1) is 12.4 Å². The SMILES string of the molecule is COCCNC(=O)NC(=O)CSc1nnnn1C. The van der Waals surface area contributed by atoms with Gasteiger partial charge in [0.2, 0.25) is 11.1 Å². The number of hydrogen-bond donors (Lipinski definition) is 2. The average Bonchev–Trinajstić information content (AvgIpc) is 2.72. The van der Waals surface area contributed by atoms with Gasteiger partial charge in [-0.15, -0.1) is 5.10 Å². The molecular weight excluding hydrogens is 260 g/mol. The quantitative estimate of drug-likeness (QED) is 0.493. The summed E-state index contributed by atoms with van der Waals surface area (Å²) >= 11 is 1.14. The van der Waals surface area contributed by atoms with E-state index in [-0.39, 0.29) is 5.75 Å². The highest BCUT2D eigenvalue weighted by atomic mass is 32.2. The summed E-state index contributed by atoms with van der Waals surface area (Å²) in [5.41, 5.74) is 0. The van der Waals surface area contributed by atoms with Crippen LogP contribution in [0, 0.1) is 0 Å². The molecule has 100 valence electrons. The van der Waals surface area contributed by atoms with Crippen molar-refractivity contribution >= 4 is 23.7 Å². The normalized spacial score (nSPS) is 10.1. The number of rotatable bonds is 6. The van der Waals surface area contributed by atoms with Gasteiger partial charge in [-0.25, -0.2) is 9.48 Å². The van der Waals surface area contributed by atoms with Crippen LogP contribution in [-0.2, 0) is 16.6 Å². The Hall–Kier alpha value is -1.68. The Morgan fingerprint density at radius 3 is 2.89 bits per heavy atom. The Morgan fingerprint density at radius 1 is 1.50 bits per heavy atom. The van der Waals surface area contributed by atoms with Crippen molar-refractivity contribution in [1.29, 1.82) is 0 Å². The molecule has 9 nitrogen and oxygen atoms in total. The average molecular weight is 274 g/mol. The number of ether oxygens (including phenoxy) is 1. The van der Waals surface area contributed by atoms with Gasteiger partial charge < -0.3 is 10.1 Å². The van der Waals surface area contributed by atoms with Crippen LogP contribution in [0.1, 0.15) is 0 Å².